The van der Waals surface area contributed by atoms with Crippen molar-refractivity contribution in [1.29, 1.82) is 0 Å². The van der Waals surface area contributed by atoms with Crippen LogP contribution in [0.5, 0.6) is 0 Å². The number of nitrogens with zero attached hydrogens (tertiary/aromatic N) is 2. The zero-order chi connectivity index (χ0) is 13.0. The van der Waals surface area contributed by atoms with Gasteiger partial charge in [0.25, 0.3) is 0 Å². The molecule has 0 saturated heterocycles. The summed E-state index contributed by atoms with van der Waals surface area (Å²) in [5.74, 6) is 5.55. The van der Waals surface area contributed by atoms with Crippen LogP contribution in [-0.2, 0) is 18.2 Å². The Kier molecular flexibility index (Phi) is 5.39. The van der Waals surface area contributed by atoms with Gasteiger partial charge in [-0.25, -0.2) is 0 Å². The minimum Gasteiger partial charge on any atom is -0.382 e. The van der Waals surface area contributed by atoms with E-state index < -0.39 is 0 Å². The van der Waals surface area contributed by atoms with Gasteiger partial charge in [-0.1, -0.05) is 11.6 Å². The van der Waals surface area contributed by atoms with Crippen LogP contribution in [0.1, 0.15) is 24.7 Å². The molecule has 0 saturated carbocycles. The van der Waals surface area contributed by atoms with E-state index in [-0.39, 0.29) is 12.1 Å². The molecule has 0 bridgehead atoms. The van der Waals surface area contributed by atoms with E-state index in [4.69, 9.17) is 22.2 Å². The van der Waals surface area contributed by atoms with E-state index in [2.05, 4.69) is 10.5 Å². The van der Waals surface area contributed by atoms with Crippen LogP contribution in [0.3, 0.4) is 0 Å². The first-order valence-electron chi connectivity index (χ1n) is 5.66. The molecule has 98 valence electrons. The van der Waals surface area contributed by atoms with Crippen molar-refractivity contribution >= 4 is 11.6 Å². The second-order valence-electron chi connectivity index (χ2n) is 4.32. The predicted molar refractivity (Wildman–Crippen MR) is 68.9 cm³/mol. The second-order valence-corrected chi connectivity index (χ2v) is 4.70. The van der Waals surface area contributed by atoms with E-state index >= 15 is 0 Å². The first-order chi connectivity index (χ1) is 7.99. The molecule has 0 aliphatic carbocycles. The summed E-state index contributed by atoms with van der Waals surface area (Å²) in [6, 6.07) is 0.122. The zero-order valence-electron chi connectivity index (χ0n) is 10.8. The van der Waals surface area contributed by atoms with Gasteiger partial charge >= 0.3 is 0 Å². The number of aryl methyl sites for hydroxylation is 2. The number of hydrogen-bond acceptors (Lipinski definition) is 4. The standard InChI is InChI=1S/C11H21ClN4O/c1-7(17-4)5-9(14-13)6-10-11(12)8(2)15-16(10)3/h7,9,14H,5-6,13H2,1-4H3. The summed E-state index contributed by atoms with van der Waals surface area (Å²) >= 11 is 6.20. The van der Waals surface area contributed by atoms with Crippen molar-refractivity contribution in [3.05, 3.63) is 16.4 Å². The summed E-state index contributed by atoms with van der Waals surface area (Å²) in [7, 11) is 3.58. The molecule has 0 aromatic carbocycles. The van der Waals surface area contributed by atoms with Gasteiger partial charge in [-0.3, -0.25) is 16.0 Å². The molecule has 1 aromatic rings. The molecule has 17 heavy (non-hydrogen) atoms. The Bertz CT molecular complexity index is 367. The molecule has 5 nitrogen and oxygen atoms in total. The molecule has 2 unspecified atom stereocenters. The quantitative estimate of drug-likeness (QED) is 0.596. The Morgan fingerprint density at radius 1 is 1.59 bits per heavy atom. The van der Waals surface area contributed by atoms with Gasteiger partial charge < -0.3 is 4.74 Å². The molecular formula is C11H21ClN4O. The normalized spacial score (nSPS) is 14.9. The highest BCUT2D eigenvalue weighted by atomic mass is 35.5. The average molecular weight is 261 g/mol. The van der Waals surface area contributed by atoms with Gasteiger partial charge in [0.1, 0.15) is 0 Å². The molecular weight excluding hydrogens is 240 g/mol. The van der Waals surface area contributed by atoms with Crippen molar-refractivity contribution in [2.45, 2.75) is 38.8 Å². The number of halogens is 1. The summed E-state index contributed by atoms with van der Waals surface area (Å²) in [4.78, 5) is 0. The Hall–Kier alpha value is -0.620. The van der Waals surface area contributed by atoms with E-state index in [9.17, 15) is 0 Å². The van der Waals surface area contributed by atoms with Gasteiger partial charge in [0.2, 0.25) is 0 Å². The summed E-state index contributed by atoms with van der Waals surface area (Å²) in [5.41, 5.74) is 4.64. The molecule has 1 heterocycles. The van der Waals surface area contributed by atoms with Crippen molar-refractivity contribution < 1.29 is 4.74 Å². The van der Waals surface area contributed by atoms with Gasteiger partial charge in [-0.15, -0.1) is 0 Å². The maximum Gasteiger partial charge on any atom is 0.0847 e. The van der Waals surface area contributed by atoms with Gasteiger partial charge in [0.15, 0.2) is 0 Å². The van der Waals surface area contributed by atoms with Crippen LogP contribution in [0.2, 0.25) is 5.02 Å². The Morgan fingerprint density at radius 3 is 2.65 bits per heavy atom. The van der Waals surface area contributed by atoms with Crippen molar-refractivity contribution in [2.75, 3.05) is 7.11 Å². The Morgan fingerprint density at radius 2 is 2.24 bits per heavy atom. The van der Waals surface area contributed by atoms with E-state index in [0.717, 1.165) is 29.3 Å². The topological polar surface area (TPSA) is 65.1 Å². The van der Waals surface area contributed by atoms with Crippen LogP contribution in [0.15, 0.2) is 0 Å². The van der Waals surface area contributed by atoms with Crippen LogP contribution < -0.4 is 11.3 Å². The fourth-order valence-corrected chi connectivity index (χ4v) is 2.08. The fourth-order valence-electron chi connectivity index (χ4n) is 1.84. The van der Waals surface area contributed by atoms with Crippen LogP contribution in [0.4, 0.5) is 0 Å². The maximum absolute atomic E-state index is 6.20. The van der Waals surface area contributed by atoms with E-state index in [1.807, 2.05) is 20.9 Å². The molecule has 0 fully saturated rings. The highest BCUT2D eigenvalue weighted by Crippen LogP contribution is 2.21. The summed E-state index contributed by atoms with van der Waals surface area (Å²) in [6.07, 6.45) is 1.72. The molecule has 1 aromatic heterocycles. The number of nitrogens with one attached hydrogen (secondary N) is 1. The first kappa shape index (κ1) is 14.4. The predicted octanol–water partition coefficient (Wildman–Crippen LogP) is 1.18. The lowest BCUT2D eigenvalue weighted by atomic mass is 10.1. The maximum atomic E-state index is 6.20. The van der Waals surface area contributed by atoms with E-state index in [1.54, 1.807) is 11.8 Å². The fraction of sp³-hybridized carbons (Fsp3) is 0.727. The SMILES string of the molecule is COC(C)CC(Cc1c(Cl)c(C)nn1C)NN. The van der Waals surface area contributed by atoms with Crippen molar-refractivity contribution in [3.63, 3.8) is 0 Å². The number of methoxy groups -OCH3 is 1. The lowest BCUT2D eigenvalue weighted by Gasteiger charge is -2.19. The highest BCUT2D eigenvalue weighted by molar-refractivity contribution is 6.31. The highest BCUT2D eigenvalue weighted by Gasteiger charge is 2.18. The van der Waals surface area contributed by atoms with Gasteiger partial charge in [-0.05, 0) is 20.3 Å². The smallest absolute Gasteiger partial charge is 0.0847 e. The number of ether oxygens (including phenoxy) is 1. The number of aromatic nitrogens is 2. The summed E-state index contributed by atoms with van der Waals surface area (Å²) in [6.45, 7) is 3.91. The molecule has 0 amide bonds. The molecule has 3 N–H and O–H groups in total. The van der Waals surface area contributed by atoms with Crippen LogP contribution in [0, 0.1) is 6.92 Å². The third-order valence-electron chi connectivity index (χ3n) is 2.96. The van der Waals surface area contributed by atoms with Gasteiger partial charge in [0.05, 0.1) is 22.5 Å². The summed E-state index contributed by atoms with van der Waals surface area (Å²) < 4.78 is 7.04. The molecule has 2 atom stereocenters. The average Bonchev–Trinajstić information content (AvgIpc) is 2.54. The van der Waals surface area contributed by atoms with Crippen LogP contribution in [0.25, 0.3) is 0 Å². The van der Waals surface area contributed by atoms with Crippen LogP contribution in [-0.4, -0.2) is 29.0 Å². The van der Waals surface area contributed by atoms with Gasteiger partial charge in [-0.2, -0.15) is 5.10 Å². The molecule has 1 rings (SSSR count). The first-order valence-corrected chi connectivity index (χ1v) is 6.04. The lowest BCUT2D eigenvalue weighted by molar-refractivity contribution is 0.100. The largest absolute Gasteiger partial charge is 0.382 e. The molecule has 0 spiro atoms. The third-order valence-corrected chi connectivity index (χ3v) is 3.45. The van der Waals surface area contributed by atoms with Gasteiger partial charge in [0, 0.05) is 26.6 Å². The number of hydrazine groups is 1. The monoisotopic (exact) mass is 260 g/mol. The minimum absolute atomic E-state index is 0.122. The lowest BCUT2D eigenvalue weighted by Crippen LogP contribution is -2.39. The molecule has 0 radical (unpaired) electrons. The Balaban J connectivity index is 2.73. The van der Waals surface area contributed by atoms with Crippen molar-refractivity contribution in [1.82, 2.24) is 15.2 Å². The number of nitrogens with two attached hydrogens (primary N) is 1. The molecule has 0 aliphatic heterocycles. The van der Waals surface area contributed by atoms with E-state index in [1.165, 1.54) is 0 Å². The van der Waals surface area contributed by atoms with E-state index in [0.29, 0.717) is 0 Å². The third kappa shape index (κ3) is 3.67. The van der Waals surface area contributed by atoms with Crippen molar-refractivity contribution in [3.8, 4) is 0 Å². The summed E-state index contributed by atoms with van der Waals surface area (Å²) in [5, 5.41) is 5.00. The van der Waals surface area contributed by atoms with Crippen LogP contribution >= 0.6 is 11.6 Å². The molecule has 6 heteroatoms. The minimum atomic E-state index is 0.122. The second kappa shape index (κ2) is 6.35. The molecule has 0 aliphatic rings. The van der Waals surface area contributed by atoms with Crippen molar-refractivity contribution in [2.24, 2.45) is 12.9 Å². The zero-order valence-corrected chi connectivity index (χ0v) is 11.6. The number of hydrogen-bond donors (Lipinski definition) is 2. The number of rotatable bonds is 6. The Labute approximate surface area is 107 Å².